The molecule has 7 heavy (non-hydrogen) atoms. The van der Waals surface area contributed by atoms with E-state index in [0.717, 1.165) is 6.42 Å². The molecular weight excluding hydrogens is 103 g/mol. The summed E-state index contributed by atoms with van der Waals surface area (Å²) in [4.78, 5) is 9.34. The summed E-state index contributed by atoms with van der Waals surface area (Å²) >= 11 is 0. The summed E-state index contributed by atoms with van der Waals surface area (Å²) < 4.78 is 4.30. The van der Waals surface area contributed by atoms with Crippen molar-refractivity contribution >= 4 is 6.47 Å². The molecule has 0 radical (unpaired) electrons. The number of hydrogen-bond donors (Lipinski definition) is 0. The second kappa shape index (κ2) is 9.69. The molecule has 0 spiro atoms. The van der Waals surface area contributed by atoms with Crippen LogP contribution in [0.25, 0.3) is 0 Å². The predicted octanol–water partition coefficient (Wildman–Crippen LogP) is -2.31. The van der Waals surface area contributed by atoms with Gasteiger partial charge in [0.25, 0.3) is 6.47 Å². The largest absolute Gasteiger partial charge is 1.00 e. The quantitative estimate of drug-likeness (QED) is 0.233. The third-order valence-corrected chi connectivity index (χ3v) is 0.390. The Morgan fingerprint density at radius 1 is 1.86 bits per heavy atom. The summed E-state index contributed by atoms with van der Waals surface area (Å²) in [7, 11) is 0. The molecule has 0 aromatic carbocycles. The topological polar surface area (TPSA) is 26.3 Å². The van der Waals surface area contributed by atoms with E-state index in [9.17, 15) is 4.79 Å². The average Bonchev–Trinajstić information content (AvgIpc) is 1.61. The van der Waals surface area contributed by atoms with Crippen LogP contribution in [0.15, 0.2) is 0 Å². The van der Waals surface area contributed by atoms with Crippen molar-refractivity contribution < 1.29 is 40.5 Å². The van der Waals surface area contributed by atoms with Gasteiger partial charge in [-0.05, 0) is 6.42 Å². The Labute approximate surface area is 67.0 Å². The van der Waals surface area contributed by atoms with E-state index in [4.69, 9.17) is 0 Å². The third-order valence-electron chi connectivity index (χ3n) is 0.390. The molecule has 0 bridgehead atoms. The minimum absolute atomic E-state index is 0. The normalized spacial score (nSPS) is 6.43. The van der Waals surface area contributed by atoms with Gasteiger partial charge in [-0.2, -0.15) is 0 Å². The van der Waals surface area contributed by atoms with E-state index < -0.39 is 0 Å². The molecule has 0 atom stereocenters. The minimum Gasteiger partial charge on any atom is -1.00 e. The van der Waals surface area contributed by atoms with Gasteiger partial charge < -0.3 is 6.16 Å². The minimum atomic E-state index is 0. The molecule has 0 rings (SSSR count). The van der Waals surface area contributed by atoms with Gasteiger partial charge in [0, 0.05) is 0 Å². The summed E-state index contributed by atoms with van der Waals surface area (Å²) in [6.45, 7) is 2.95. The van der Waals surface area contributed by atoms with Crippen LogP contribution in [0.5, 0.6) is 0 Å². The second-order valence-electron chi connectivity index (χ2n) is 0.967. The summed E-state index contributed by atoms with van der Waals surface area (Å²) in [5, 5.41) is 0. The first-order valence-electron chi connectivity index (χ1n) is 1.97. The fourth-order valence-corrected chi connectivity index (χ4v) is 0.166. The Morgan fingerprint density at radius 2 is 2.43 bits per heavy atom. The molecule has 3 heteroatoms. The summed E-state index contributed by atoms with van der Waals surface area (Å²) in [6.07, 6.45) is 0.902. The number of rotatable bonds is 3. The molecule has 0 amide bonds. The second-order valence-corrected chi connectivity index (χ2v) is 0.967. The summed E-state index contributed by atoms with van der Waals surface area (Å²) in [5.74, 6) is 0. The van der Waals surface area contributed by atoms with Crippen LogP contribution < -0.4 is 29.6 Å². The SMILES string of the molecule is CCCOC=O.[H-].[Na+]. The van der Waals surface area contributed by atoms with Crippen molar-refractivity contribution in [3.8, 4) is 0 Å². The van der Waals surface area contributed by atoms with Crippen LogP contribution >= 0.6 is 0 Å². The van der Waals surface area contributed by atoms with Crippen LogP contribution in [-0.2, 0) is 9.53 Å². The molecule has 2 nitrogen and oxygen atoms in total. The molecule has 0 aromatic heterocycles. The first-order chi connectivity index (χ1) is 2.91. The van der Waals surface area contributed by atoms with Crippen molar-refractivity contribution in [1.82, 2.24) is 0 Å². The van der Waals surface area contributed by atoms with Crippen LogP contribution in [-0.4, -0.2) is 13.1 Å². The first kappa shape index (κ1) is 10.5. The number of ether oxygens (including phenoxy) is 1. The molecule has 38 valence electrons. The average molecular weight is 112 g/mol. The van der Waals surface area contributed by atoms with E-state index in [1.807, 2.05) is 6.92 Å². The number of carbonyl (C=O) groups is 1. The van der Waals surface area contributed by atoms with E-state index in [2.05, 4.69) is 4.74 Å². The molecule has 0 unspecified atom stereocenters. The van der Waals surface area contributed by atoms with Gasteiger partial charge in [-0.3, -0.25) is 4.79 Å². The summed E-state index contributed by atoms with van der Waals surface area (Å²) in [6, 6.07) is 0. The van der Waals surface area contributed by atoms with E-state index in [1.165, 1.54) is 0 Å². The number of carbonyl (C=O) groups excluding carboxylic acids is 1. The molecular formula is C4H9NaO2. The fourth-order valence-electron chi connectivity index (χ4n) is 0.166. The van der Waals surface area contributed by atoms with Crippen molar-refractivity contribution in [1.29, 1.82) is 0 Å². The van der Waals surface area contributed by atoms with Crippen LogP contribution in [0.2, 0.25) is 0 Å². The molecule has 0 aliphatic carbocycles. The van der Waals surface area contributed by atoms with Crippen molar-refractivity contribution in [3.05, 3.63) is 0 Å². The Hall–Kier alpha value is 0.470. The Kier molecular flexibility index (Phi) is 14.5. The maximum Gasteiger partial charge on any atom is 1.00 e. The van der Waals surface area contributed by atoms with Gasteiger partial charge in [-0.25, -0.2) is 0 Å². The van der Waals surface area contributed by atoms with Crippen molar-refractivity contribution in [2.45, 2.75) is 13.3 Å². The molecule has 0 N–H and O–H groups in total. The van der Waals surface area contributed by atoms with Crippen LogP contribution in [0, 0.1) is 0 Å². The molecule has 0 saturated carbocycles. The zero-order valence-corrected chi connectivity index (χ0v) is 6.81. The van der Waals surface area contributed by atoms with Crippen LogP contribution in [0.3, 0.4) is 0 Å². The smallest absolute Gasteiger partial charge is 1.00 e. The zero-order chi connectivity index (χ0) is 4.83. The summed E-state index contributed by atoms with van der Waals surface area (Å²) in [5.41, 5.74) is 0. The zero-order valence-electron chi connectivity index (χ0n) is 5.81. The van der Waals surface area contributed by atoms with Crippen LogP contribution in [0.1, 0.15) is 14.8 Å². The van der Waals surface area contributed by atoms with Gasteiger partial charge in [0.2, 0.25) is 0 Å². The molecule has 0 saturated heterocycles. The Morgan fingerprint density at radius 3 is 2.57 bits per heavy atom. The number of hydrogen-bond acceptors (Lipinski definition) is 2. The van der Waals surface area contributed by atoms with Crippen LogP contribution in [0.4, 0.5) is 0 Å². The predicted molar refractivity (Wildman–Crippen MR) is 23.4 cm³/mol. The Balaban J connectivity index is -0.000000125. The molecule has 0 aromatic rings. The van der Waals surface area contributed by atoms with E-state index >= 15 is 0 Å². The Bertz CT molecular complexity index is 43.0. The molecule has 0 fully saturated rings. The van der Waals surface area contributed by atoms with Crippen molar-refractivity contribution in [2.75, 3.05) is 6.61 Å². The maximum absolute atomic E-state index is 9.34. The van der Waals surface area contributed by atoms with Gasteiger partial charge in [0.05, 0.1) is 6.61 Å². The van der Waals surface area contributed by atoms with E-state index in [1.54, 1.807) is 0 Å². The third kappa shape index (κ3) is 10.7. The molecule has 0 aliphatic heterocycles. The standard InChI is InChI=1S/C4H8O2.Na.H/c1-2-3-6-4-5;;/h4H,2-3H2,1H3;;/q;+1;-1. The van der Waals surface area contributed by atoms with Crippen molar-refractivity contribution in [2.24, 2.45) is 0 Å². The van der Waals surface area contributed by atoms with Gasteiger partial charge in [0.15, 0.2) is 0 Å². The van der Waals surface area contributed by atoms with E-state index in [-0.39, 0.29) is 31.0 Å². The molecule has 0 heterocycles. The van der Waals surface area contributed by atoms with Gasteiger partial charge in [-0.1, -0.05) is 6.92 Å². The monoisotopic (exact) mass is 112 g/mol. The molecule has 0 aliphatic rings. The maximum atomic E-state index is 9.34. The van der Waals surface area contributed by atoms with Gasteiger partial charge in [-0.15, -0.1) is 0 Å². The first-order valence-corrected chi connectivity index (χ1v) is 1.97. The van der Waals surface area contributed by atoms with E-state index in [0.29, 0.717) is 13.1 Å². The van der Waals surface area contributed by atoms with Gasteiger partial charge in [0.1, 0.15) is 0 Å². The van der Waals surface area contributed by atoms with Crippen molar-refractivity contribution in [3.63, 3.8) is 0 Å². The fraction of sp³-hybridized carbons (Fsp3) is 0.750. The van der Waals surface area contributed by atoms with Gasteiger partial charge >= 0.3 is 29.6 Å².